The van der Waals surface area contributed by atoms with E-state index in [1.165, 1.54) is 6.92 Å². The van der Waals surface area contributed by atoms with Crippen molar-refractivity contribution in [1.29, 1.82) is 0 Å². The Morgan fingerprint density at radius 3 is 2.45 bits per heavy atom. The van der Waals surface area contributed by atoms with Crippen molar-refractivity contribution in [2.75, 3.05) is 5.32 Å². The van der Waals surface area contributed by atoms with Crippen molar-refractivity contribution < 1.29 is 22.7 Å². The van der Waals surface area contributed by atoms with Crippen molar-refractivity contribution in [1.82, 2.24) is 10.2 Å². The van der Waals surface area contributed by atoms with Crippen LogP contribution in [-0.2, 0) is 11.0 Å². The van der Waals surface area contributed by atoms with Crippen molar-refractivity contribution in [3.8, 4) is 5.75 Å². The first kappa shape index (κ1) is 16.2. The maximum absolute atomic E-state index is 12.4. The average molecular weight is 331 g/mol. The smallest absolute Gasteiger partial charge is 0.445 e. The van der Waals surface area contributed by atoms with E-state index in [1.807, 2.05) is 19.1 Å². The number of rotatable bonds is 4. The highest BCUT2D eigenvalue weighted by Gasteiger charge is 2.36. The molecule has 0 radical (unpaired) electrons. The number of aryl methyl sites for hydroxylation is 1. The zero-order chi connectivity index (χ0) is 16.3. The lowest BCUT2D eigenvalue weighted by molar-refractivity contribution is -0.138. The lowest BCUT2D eigenvalue weighted by atomic mass is 10.2. The Balaban J connectivity index is 1.96. The summed E-state index contributed by atoms with van der Waals surface area (Å²) in [4.78, 5) is 11.9. The molecule has 5 nitrogen and oxygen atoms in total. The molecule has 0 fully saturated rings. The molecule has 1 aromatic carbocycles. The third-order valence-corrected chi connectivity index (χ3v) is 3.48. The molecule has 0 aliphatic carbocycles. The number of hydrogen-bond donors (Lipinski definition) is 1. The third-order valence-electron chi connectivity index (χ3n) is 2.60. The van der Waals surface area contributed by atoms with E-state index in [1.54, 1.807) is 12.1 Å². The molecule has 2 aromatic rings. The molecule has 1 heterocycles. The van der Waals surface area contributed by atoms with Gasteiger partial charge >= 0.3 is 6.18 Å². The molecular weight excluding hydrogens is 319 g/mol. The normalized spacial score (nSPS) is 12.8. The highest BCUT2D eigenvalue weighted by molar-refractivity contribution is 7.15. The Kier molecular flexibility index (Phi) is 4.65. The molecule has 118 valence electrons. The maximum atomic E-state index is 12.4. The van der Waals surface area contributed by atoms with Crippen LogP contribution in [0.2, 0.25) is 0 Å². The van der Waals surface area contributed by atoms with Gasteiger partial charge in [-0.2, -0.15) is 13.2 Å². The van der Waals surface area contributed by atoms with Gasteiger partial charge in [-0.15, -0.1) is 10.2 Å². The molecule has 1 atom stereocenters. The van der Waals surface area contributed by atoms with E-state index < -0.39 is 23.2 Å². The number of anilines is 1. The largest absolute Gasteiger partial charge is 0.481 e. The number of carbonyl (C=O) groups excluding carboxylic acids is 1. The first-order valence-electron chi connectivity index (χ1n) is 6.20. The summed E-state index contributed by atoms with van der Waals surface area (Å²) in [5.41, 5.74) is 1.04. The second-order valence-corrected chi connectivity index (χ2v) is 5.45. The summed E-state index contributed by atoms with van der Waals surface area (Å²) in [6.45, 7) is 3.40. The second-order valence-electron chi connectivity index (χ2n) is 4.47. The van der Waals surface area contributed by atoms with Crippen molar-refractivity contribution in [3.63, 3.8) is 0 Å². The Morgan fingerprint density at radius 2 is 1.91 bits per heavy atom. The number of alkyl halides is 3. The van der Waals surface area contributed by atoms with Crippen LogP contribution in [0.4, 0.5) is 18.3 Å². The van der Waals surface area contributed by atoms with Gasteiger partial charge in [0.2, 0.25) is 10.1 Å². The van der Waals surface area contributed by atoms with Crippen LogP contribution in [0.5, 0.6) is 5.75 Å². The quantitative estimate of drug-likeness (QED) is 0.934. The number of nitrogens with zero attached hydrogens (tertiary/aromatic N) is 2. The van der Waals surface area contributed by atoms with E-state index in [4.69, 9.17) is 4.74 Å². The molecule has 0 bridgehead atoms. The summed E-state index contributed by atoms with van der Waals surface area (Å²) in [5.74, 6) is -0.119. The number of carbonyl (C=O) groups is 1. The fraction of sp³-hybridized carbons (Fsp3) is 0.308. The lowest BCUT2D eigenvalue weighted by Crippen LogP contribution is -2.30. The van der Waals surface area contributed by atoms with Gasteiger partial charge in [0, 0.05) is 0 Å². The van der Waals surface area contributed by atoms with Gasteiger partial charge in [0.05, 0.1) is 0 Å². The van der Waals surface area contributed by atoms with E-state index >= 15 is 0 Å². The molecule has 2 rings (SSSR count). The van der Waals surface area contributed by atoms with Crippen molar-refractivity contribution in [2.24, 2.45) is 0 Å². The number of aromatic nitrogens is 2. The first-order valence-corrected chi connectivity index (χ1v) is 7.02. The molecule has 0 saturated carbocycles. The van der Waals surface area contributed by atoms with Gasteiger partial charge in [0.1, 0.15) is 5.75 Å². The van der Waals surface area contributed by atoms with Gasteiger partial charge in [0.25, 0.3) is 5.91 Å². The predicted octanol–water partition coefficient (Wildman–Crippen LogP) is 3.27. The Hall–Kier alpha value is -2.16. The summed E-state index contributed by atoms with van der Waals surface area (Å²) >= 11 is 0.259. The van der Waals surface area contributed by atoms with Crippen molar-refractivity contribution in [2.45, 2.75) is 26.1 Å². The summed E-state index contributed by atoms with van der Waals surface area (Å²) in [6, 6.07) is 7.04. The number of benzene rings is 1. The van der Waals surface area contributed by atoms with E-state index in [0.717, 1.165) is 5.56 Å². The fourth-order valence-electron chi connectivity index (χ4n) is 1.47. The summed E-state index contributed by atoms with van der Waals surface area (Å²) in [7, 11) is 0. The monoisotopic (exact) mass is 331 g/mol. The summed E-state index contributed by atoms with van der Waals surface area (Å²) in [5, 5.41) is 7.17. The van der Waals surface area contributed by atoms with Crippen LogP contribution in [0.1, 0.15) is 17.5 Å². The molecule has 0 saturated heterocycles. The third kappa shape index (κ3) is 4.17. The summed E-state index contributed by atoms with van der Waals surface area (Å²) in [6.07, 6.45) is -5.47. The van der Waals surface area contributed by atoms with Crippen LogP contribution < -0.4 is 10.1 Å². The maximum Gasteiger partial charge on any atom is 0.445 e. The molecule has 22 heavy (non-hydrogen) atoms. The Morgan fingerprint density at radius 1 is 1.27 bits per heavy atom. The van der Waals surface area contributed by atoms with Crippen LogP contribution in [0.25, 0.3) is 0 Å². The molecular formula is C13H12F3N3O2S. The fourth-order valence-corrected chi connectivity index (χ4v) is 2.08. The van der Waals surface area contributed by atoms with E-state index in [9.17, 15) is 18.0 Å². The van der Waals surface area contributed by atoms with Crippen LogP contribution in [0, 0.1) is 6.92 Å². The second kappa shape index (κ2) is 6.30. The lowest BCUT2D eigenvalue weighted by Gasteiger charge is -2.13. The minimum Gasteiger partial charge on any atom is -0.481 e. The number of ether oxygens (including phenoxy) is 1. The molecule has 1 unspecified atom stereocenters. The number of hydrogen-bond acceptors (Lipinski definition) is 5. The zero-order valence-electron chi connectivity index (χ0n) is 11.6. The van der Waals surface area contributed by atoms with Gasteiger partial charge in [-0.05, 0) is 26.0 Å². The van der Waals surface area contributed by atoms with Gasteiger partial charge < -0.3 is 4.74 Å². The summed E-state index contributed by atoms with van der Waals surface area (Å²) < 4.78 is 42.6. The van der Waals surface area contributed by atoms with Crippen molar-refractivity contribution >= 4 is 22.4 Å². The van der Waals surface area contributed by atoms with Gasteiger partial charge in [-0.1, -0.05) is 29.0 Å². The number of halogens is 3. The molecule has 1 N–H and O–H groups in total. The van der Waals surface area contributed by atoms with Crippen LogP contribution in [-0.4, -0.2) is 22.2 Å². The van der Waals surface area contributed by atoms with E-state index in [-0.39, 0.29) is 16.5 Å². The number of nitrogens with one attached hydrogen (secondary N) is 1. The Labute approximate surface area is 128 Å². The minimum absolute atomic E-state index is 0.225. The van der Waals surface area contributed by atoms with E-state index in [2.05, 4.69) is 15.5 Å². The average Bonchev–Trinajstić information content (AvgIpc) is 2.90. The zero-order valence-corrected chi connectivity index (χ0v) is 12.5. The van der Waals surface area contributed by atoms with Crippen LogP contribution >= 0.6 is 11.3 Å². The Bertz CT molecular complexity index is 655. The van der Waals surface area contributed by atoms with E-state index in [0.29, 0.717) is 5.75 Å². The van der Waals surface area contributed by atoms with Gasteiger partial charge in [-0.3, -0.25) is 10.1 Å². The topological polar surface area (TPSA) is 64.1 Å². The van der Waals surface area contributed by atoms with Crippen LogP contribution in [0.15, 0.2) is 24.3 Å². The van der Waals surface area contributed by atoms with Gasteiger partial charge in [0.15, 0.2) is 6.10 Å². The minimum atomic E-state index is -4.58. The standard InChI is InChI=1S/C13H12F3N3O2S/c1-7-3-5-9(6-4-7)21-8(2)10(20)17-12-19-18-11(22-12)13(14,15)16/h3-6,8H,1-2H3,(H,17,19,20). The molecule has 9 heteroatoms. The molecule has 0 aliphatic heterocycles. The predicted molar refractivity (Wildman–Crippen MR) is 74.8 cm³/mol. The molecule has 0 spiro atoms. The number of amides is 1. The highest BCUT2D eigenvalue weighted by Crippen LogP contribution is 2.33. The van der Waals surface area contributed by atoms with Gasteiger partial charge in [-0.25, -0.2) is 0 Å². The SMILES string of the molecule is Cc1ccc(OC(C)C(=O)Nc2nnc(C(F)(F)F)s2)cc1. The molecule has 1 aromatic heterocycles. The molecule has 0 aliphatic rings. The molecule has 1 amide bonds. The highest BCUT2D eigenvalue weighted by atomic mass is 32.1. The van der Waals surface area contributed by atoms with Crippen LogP contribution in [0.3, 0.4) is 0 Å². The van der Waals surface area contributed by atoms with Crippen molar-refractivity contribution in [3.05, 3.63) is 34.8 Å². The first-order chi connectivity index (χ1) is 10.3.